The summed E-state index contributed by atoms with van der Waals surface area (Å²) >= 11 is 2.02. The fraction of sp³-hybridized carbons (Fsp3) is 0.929. The predicted molar refractivity (Wildman–Crippen MR) is 79.7 cm³/mol. The Morgan fingerprint density at radius 1 is 1.50 bits per heavy atom. The fourth-order valence-corrected chi connectivity index (χ4v) is 4.06. The van der Waals surface area contributed by atoms with Crippen molar-refractivity contribution in [3.05, 3.63) is 0 Å². The maximum absolute atomic E-state index is 11.7. The van der Waals surface area contributed by atoms with Crippen LogP contribution in [0.5, 0.6) is 0 Å². The Kier molecular flexibility index (Phi) is 5.99. The highest BCUT2D eigenvalue weighted by molar-refractivity contribution is 7.99. The molecule has 0 aromatic carbocycles. The third-order valence-corrected chi connectivity index (χ3v) is 5.45. The van der Waals surface area contributed by atoms with Crippen molar-refractivity contribution < 1.29 is 4.79 Å². The minimum atomic E-state index is -0.457. The minimum absolute atomic E-state index is 0.178. The van der Waals surface area contributed by atoms with E-state index in [1.165, 1.54) is 12.2 Å². The third-order valence-electron chi connectivity index (χ3n) is 3.82. The maximum Gasteiger partial charge on any atom is 0.237 e. The van der Waals surface area contributed by atoms with Crippen molar-refractivity contribution in [3.8, 4) is 0 Å². The van der Waals surface area contributed by atoms with Gasteiger partial charge in [-0.05, 0) is 44.8 Å². The van der Waals surface area contributed by atoms with E-state index < -0.39 is 5.54 Å². The van der Waals surface area contributed by atoms with Crippen molar-refractivity contribution in [2.75, 3.05) is 5.75 Å². The lowest BCUT2D eigenvalue weighted by atomic mass is 9.96. The standard InChI is InChI=1S/C14H28N2OS/c1-5-11(4)9-18-12-6-7-14(8-12,13(15)17)16-10(2)3/h10-12,16H,5-9H2,1-4H3,(H2,15,17). The lowest BCUT2D eigenvalue weighted by Gasteiger charge is -2.29. The second-order valence-corrected chi connectivity index (χ2v) is 7.29. The summed E-state index contributed by atoms with van der Waals surface area (Å²) in [6.45, 7) is 8.66. The molecule has 0 aliphatic heterocycles. The number of carbonyl (C=O) groups excluding carboxylic acids is 1. The number of carbonyl (C=O) groups is 1. The quantitative estimate of drug-likeness (QED) is 0.749. The van der Waals surface area contributed by atoms with E-state index in [1.807, 2.05) is 11.8 Å². The molecule has 1 aliphatic rings. The first-order chi connectivity index (χ1) is 8.39. The van der Waals surface area contributed by atoms with Crippen molar-refractivity contribution >= 4 is 17.7 Å². The molecule has 1 aliphatic carbocycles. The normalized spacial score (nSPS) is 29.7. The van der Waals surface area contributed by atoms with E-state index in [9.17, 15) is 4.79 Å². The zero-order chi connectivity index (χ0) is 13.8. The summed E-state index contributed by atoms with van der Waals surface area (Å²) in [6.07, 6.45) is 4.11. The van der Waals surface area contributed by atoms with E-state index >= 15 is 0 Å². The van der Waals surface area contributed by atoms with E-state index in [0.29, 0.717) is 11.3 Å². The van der Waals surface area contributed by atoms with Gasteiger partial charge in [-0.1, -0.05) is 20.3 Å². The fourth-order valence-electron chi connectivity index (χ4n) is 2.54. The van der Waals surface area contributed by atoms with Crippen LogP contribution in [0.3, 0.4) is 0 Å². The van der Waals surface area contributed by atoms with Crippen molar-refractivity contribution in [3.63, 3.8) is 0 Å². The second-order valence-electron chi connectivity index (χ2n) is 5.96. The van der Waals surface area contributed by atoms with Gasteiger partial charge in [0.15, 0.2) is 0 Å². The number of primary amides is 1. The molecule has 0 aromatic rings. The molecule has 3 atom stereocenters. The van der Waals surface area contributed by atoms with Gasteiger partial charge in [0, 0.05) is 11.3 Å². The van der Waals surface area contributed by atoms with E-state index in [2.05, 4.69) is 33.0 Å². The molecule has 4 heteroatoms. The molecule has 0 spiro atoms. The van der Waals surface area contributed by atoms with Gasteiger partial charge in [0.1, 0.15) is 0 Å². The van der Waals surface area contributed by atoms with E-state index in [4.69, 9.17) is 5.73 Å². The van der Waals surface area contributed by atoms with Crippen molar-refractivity contribution in [1.82, 2.24) is 5.32 Å². The summed E-state index contributed by atoms with van der Waals surface area (Å²) in [5.41, 5.74) is 5.16. The van der Waals surface area contributed by atoms with Crippen molar-refractivity contribution in [2.45, 2.75) is 70.2 Å². The molecule has 3 nitrogen and oxygen atoms in total. The van der Waals surface area contributed by atoms with Crippen LogP contribution < -0.4 is 11.1 Å². The molecule has 1 saturated carbocycles. The molecule has 3 N–H and O–H groups in total. The Balaban J connectivity index is 2.52. The van der Waals surface area contributed by atoms with Crippen molar-refractivity contribution in [1.29, 1.82) is 0 Å². The highest BCUT2D eigenvalue weighted by Gasteiger charge is 2.44. The lowest BCUT2D eigenvalue weighted by molar-refractivity contribution is -0.124. The Morgan fingerprint density at radius 3 is 2.67 bits per heavy atom. The molecular formula is C14H28N2OS. The molecule has 18 heavy (non-hydrogen) atoms. The molecule has 1 rings (SSSR count). The average Bonchev–Trinajstić information content (AvgIpc) is 2.70. The van der Waals surface area contributed by atoms with Gasteiger partial charge in [-0.2, -0.15) is 11.8 Å². The first kappa shape index (κ1) is 15.8. The van der Waals surface area contributed by atoms with Crippen LogP contribution in [0.2, 0.25) is 0 Å². The number of rotatable bonds is 7. The molecule has 0 radical (unpaired) electrons. The summed E-state index contributed by atoms with van der Waals surface area (Å²) in [5, 5.41) is 3.98. The predicted octanol–water partition coefficient (Wildman–Crippen LogP) is 2.54. The Bertz CT molecular complexity index is 283. The molecular weight excluding hydrogens is 244 g/mol. The summed E-state index contributed by atoms with van der Waals surface area (Å²) in [7, 11) is 0. The largest absolute Gasteiger partial charge is 0.368 e. The summed E-state index contributed by atoms with van der Waals surface area (Å²) in [4.78, 5) is 11.7. The van der Waals surface area contributed by atoms with Crippen LogP contribution in [-0.4, -0.2) is 28.5 Å². The number of thioether (sulfide) groups is 1. The number of amides is 1. The second kappa shape index (κ2) is 6.80. The monoisotopic (exact) mass is 272 g/mol. The highest BCUT2D eigenvalue weighted by atomic mass is 32.2. The topological polar surface area (TPSA) is 55.1 Å². The summed E-state index contributed by atoms with van der Waals surface area (Å²) in [5.74, 6) is 1.77. The molecule has 0 aromatic heterocycles. The SMILES string of the molecule is CCC(C)CSC1CCC(NC(C)C)(C(N)=O)C1. The highest BCUT2D eigenvalue weighted by Crippen LogP contribution is 2.38. The van der Waals surface area contributed by atoms with Gasteiger partial charge >= 0.3 is 0 Å². The maximum atomic E-state index is 11.7. The van der Waals surface area contributed by atoms with Gasteiger partial charge in [0.2, 0.25) is 5.91 Å². The number of nitrogens with one attached hydrogen (secondary N) is 1. The zero-order valence-electron chi connectivity index (χ0n) is 12.2. The van der Waals surface area contributed by atoms with Gasteiger partial charge in [-0.15, -0.1) is 0 Å². The van der Waals surface area contributed by atoms with Gasteiger partial charge in [-0.3, -0.25) is 4.79 Å². The number of hydrogen-bond acceptors (Lipinski definition) is 3. The van der Waals surface area contributed by atoms with Gasteiger partial charge in [0.25, 0.3) is 0 Å². The molecule has 0 bridgehead atoms. The van der Waals surface area contributed by atoms with Crippen LogP contribution in [0.15, 0.2) is 0 Å². The Labute approximate surface area is 116 Å². The minimum Gasteiger partial charge on any atom is -0.368 e. The zero-order valence-corrected chi connectivity index (χ0v) is 13.0. The Morgan fingerprint density at radius 2 is 2.17 bits per heavy atom. The van der Waals surface area contributed by atoms with Crippen LogP contribution in [0, 0.1) is 5.92 Å². The molecule has 0 saturated heterocycles. The van der Waals surface area contributed by atoms with E-state index in [0.717, 1.165) is 25.2 Å². The van der Waals surface area contributed by atoms with E-state index in [-0.39, 0.29) is 5.91 Å². The van der Waals surface area contributed by atoms with Crippen LogP contribution in [-0.2, 0) is 4.79 Å². The smallest absolute Gasteiger partial charge is 0.237 e. The van der Waals surface area contributed by atoms with Crippen LogP contribution in [0.25, 0.3) is 0 Å². The lowest BCUT2D eigenvalue weighted by Crippen LogP contribution is -2.56. The van der Waals surface area contributed by atoms with Crippen LogP contribution in [0.1, 0.15) is 53.4 Å². The van der Waals surface area contributed by atoms with Crippen molar-refractivity contribution in [2.24, 2.45) is 11.7 Å². The van der Waals surface area contributed by atoms with Gasteiger partial charge in [-0.25, -0.2) is 0 Å². The number of nitrogens with two attached hydrogens (primary N) is 1. The first-order valence-electron chi connectivity index (χ1n) is 7.09. The van der Waals surface area contributed by atoms with Crippen LogP contribution >= 0.6 is 11.8 Å². The van der Waals surface area contributed by atoms with Gasteiger partial charge < -0.3 is 11.1 Å². The molecule has 0 heterocycles. The molecule has 1 amide bonds. The summed E-state index contributed by atoms with van der Waals surface area (Å²) in [6, 6.07) is 0.302. The first-order valence-corrected chi connectivity index (χ1v) is 8.13. The molecule has 106 valence electrons. The van der Waals surface area contributed by atoms with E-state index in [1.54, 1.807) is 0 Å². The number of hydrogen-bond donors (Lipinski definition) is 2. The third kappa shape index (κ3) is 4.16. The molecule has 3 unspecified atom stereocenters. The van der Waals surface area contributed by atoms with Gasteiger partial charge in [0.05, 0.1) is 5.54 Å². The van der Waals surface area contributed by atoms with Crippen LogP contribution in [0.4, 0.5) is 0 Å². The molecule has 1 fully saturated rings. The Hall–Kier alpha value is -0.220. The summed E-state index contributed by atoms with van der Waals surface area (Å²) < 4.78 is 0. The average molecular weight is 272 g/mol.